The molecule has 0 aliphatic carbocycles. The molecule has 1 aliphatic rings. The summed E-state index contributed by atoms with van der Waals surface area (Å²) in [5, 5.41) is 4.66. The molecule has 0 amide bonds. The van der Waals surface area contributed by atoms with Gasteiger partial charge in [-0.3, -0.25) is 0 Å². The van der Waals surface area contributed by atoms with Gasteiger partial charge < -0.3 is 0 Å². The number of hydrogen-bond donors (Lipinski definition) is 0. The average molecular weight is 390 g/mol. The van der Waals surface area contributed by atoms with Gasteiger partial charge in [-0.15, -0.1) is 0 Å². The maximum absolute atomic E-state index is 2.50. The van der Waals surface area contributed by atoms with Gasteiger partial charge in [-0.2, -0.15) is 0 Å². The Balaban J connectivity index is 1.58. The van der Waals surface area contributed by atoms with E-state index in [0.29, 0.717) is 5.66 Å². The minimum atomic E-state index is -0.306. The Labute approximate surface area is 166 Å². The van der Waals surface area contributed by atoms with E-state index in [1.807, 2.05) is 0 Å². The summed E-state index contributed by atoms with van der Waals surface area (Å²) in [6, 6.07) is 33.8. The molecule has 0 radical (unpaired) electrons. The van der Waals surface area contributed by atoms with E-state index in [9.17, 15) is 0 Å². The van der Waals surface area contributed by atoms with Crippen LogP contribution in [0.2, 0.25) is 0 Å². The van der Waals surface area contributed by atoms with Gasteiger partial charge in [0.1, 0.15) is 0 Å². The number of rotatable bonds is 6. The summed E-state index contributed by atoms with van der Waals surface area (Å²) in [4.78, 5) is 0. The van der Waals surface area contributed by atoms with Gasteiger partial charge in [-0.25, -0.2) is 0 Å². The molecule has 138 valence electrons. The summed E-state index contributed by atoms with van der Waals surface area (Å²) in [6.45, 7) is 2.50. The lowest BCUT2D eigenvalue weighted by Crippen LogP contribution is -2.23. The normalized spacial score (nSPS) is 20.7. The molecular weight excluding hydrogens is 362 g/mol. The van der Waals surface area contributed by atoms with Crippen LogP contribution in [0.15, 0.2) is 91.0 Å². The molecule has 2 heteroatoms. The van der Waals surface area contributed by atoms with Crippen molar-refractivity contribution in [3.8, 4) is 0 Å². The summed E-state index contributed by atoms with van der Waals surface area (Å²) >= 11 is 0. The van der Waals surface area contributed by atoms with Crippen molar-refractivity contribution in [2.24, 2.45) is 0 Å². The van der Waals surface area contributed by atoms with Crippen molar-refractivity contribution in [2.75, 3.05) is 6.16 Å². The van der Waals surface area contributed by atoms with Gasteiger partial charge in [0.25, 0.3) is 0 Å². The minimum Gasteiger partial charge on any atom is -0.0721 e. The van der Waals surface area contributed by atoms with Crippen LogP contribution in [-0.4, -0.2) is 17.5 Å². The molecule has 1 fully saturated rings. The average Bonchev–Trinajstić information content (AvgIpc) is 3.18. The Morgan fingerprint density at radius 1 is 0.815 bits per heavy atom. The van der Waals surface area contributed by atoms with Crippen LogP contribution in [0.5, 0.6) is 0 Å². The molecule has 0 N–H and O–H groups in total. The lowest BCUT2D eigenvalue weighted by Gasteiger charge is -2.30. The quantitative estimate of drug-likeness (QED) is 0.462. The van der Waals surface area contributed by atoms with Crippen LogP contribution in [-0.2, 0) is 0 Å². The molecule has 3 unspecified atom stereocenters. The molecule has 3 atom stereocenters. The van der Waals surface area contributed by atoms with Gasteiger partial charge in [0.2, 0.25) is 0 Å². The number of benzene rings is 3. The molecule has 0 spiro atoms. The van der Waals surface area contributed by atoms with Crippen molar-refractivity contribution < 1.29 is 0 Å². The van der Waals surface area contributed by atoms with Crippen LogP contribution in [0.1, 0.15) is 26.2 Å². The molecule has 0 saturated carbocycles. The van der Waals surface area contributed by atoms with E-state index in [2.05, 4.69) is 97.9 Å². The number of hydrogen-bond acceptors (Lipinski definition) is 0. The fourth-order valence-corrected chi connectivity index (χ4v) is 10.5. The molecular formula is C25H28P2. The third kappa shape index (κ3) is 4.51. The zero-order valence-corrected chi connectivity index (χ0v) is 17.8. The van der Waals surface area contributed by atoms with Crippen molar-refractivity contribution >= 4 is 31.8 Å². The monoisotopic (exact) mass is 390 g/mol. The van der Waals surface area contributed by atoms with E-state index >= 15 is 0 Å². The van der Waals surface area contributed by atoms with Crippen LogP contribution in [0, 0.1) is 0 Å². The van der Waals surface area contributed by atoms with Gasteiger partial charge in [0.15, 0.2) is 0 Å². The topological polar surface area (TPSA) is 0 Å². The van der Waals surface area contributed by atoms with Gasteiger partial charge in [-0.05, 0) is 60.6 Å². The predicted octanol–water partition coefficient (Wildman–Crippen LogP) is 5.87. The Kier molecular flexibility index (Phi) is 6.39. The third-order valence-electron chi connectivity index (χ3n) is 5.59. The highest BCUT2D eigenvalue weighted by Gasteiger charge is 2.32. The maximum Gasteiger partial charge on any atom is -0.0151 e. The summed E-state index contributed by atoms with van der Waals surface area (Å²) in [5.74, 6) is 0. The molecule has 0 aromatic heterocycles. The Morgan fingerprint density at radius 3 is 1.89 bits per heavy atom. The van der Waals surface area contributed by atoms with Gasteiger partial charge in [0.05, 0.1) is 0 Å². The Bertz CT molecular complexity index is 777. The third-order valence-corrected chi connectivity index (χ3v) is 11.5. The largest absolute Gasteiger partial charge is 0.0721 e. The molecule has 1 saturated heterocycles. The van der Waals surface area contributed by atoms with Crippen molar-refractivity contribution in [3.05, 3.63) is 91.0 Å². The molecule has 3 aromatic carbocycles. The minimum absolute atomic E-state index is 0.0116. The van der Waals surface area contributed by atoms with Gasteiger partial charge >= 0.3 is 0 Å². The van der Waals surface area contributed by atoms with Crippen molar-refractivity contribution in [1.82, 2.24) is 0 Å². The van der Waals surface area contributed by atoms with E-state index in [1.54, 1.807) is 5.30 Å². The first-order chi connectivity index (χ1) is 13.3. The summed E-state index contributed by atoms with van der Waals surface area (Å²) in [5.41, 5.74) is 1.59. The molecule has 3 aromatic rings. The van der Waals surface area contributed by atoms with E-state index < -0.39 is 0 Å². The fraction of sp³-hybridized carbons (Fsp3) is 0.280. The van der Waals surface area contributed by atoms with Crippen molar-refractivity contribution in [1.29, 1.82) is 0 Å². The highest BCUT2D eigenvalue weighted by Crippen LogP contribution is 2.53. The molecule has 0 bridgehead atoms. The lowest BCUT2D eigenvalue weighted by atomic mass is 10.2. The van der Waals surface area contributed by atoms with Gasteiger partial charge in [-0.1, -0.05) is 106 Å². The first kappa shape index (κ1) is 18.9. The van der Waals surface area contributed by atoms with E-state index in [1.165, 1.54) is 36.0 Å². The smallest absolute Gasteiger partial charge is 0.0151 e. The van der Waals surface area contributed by atoms with E-state index in [0.717, 1.165) is 5.66 Å². The molecule has 1 heterocycles. The SMILES string of the molecule is CC(CC1CCCP1c1ccccc1)P(c1ccccc1)c1ccccc1. The van der Waals surface area contributed by atoms with E-state index in [4.69, 9.17) is 0 Å². The van der Waals surface area contributed by atoms with Crippen LogP contribution < -0.4 is 15.9 Å². The molecule has 27 heavy (non-hydrogen) atoms. The first-order valence-electron chi connectivity index (χ1n) is 10.0. The Morgan fingerprint density at radius 2 is 1.33 bits per heavy atom. The second-order valence-electron chi connectivity index (χ2n) is 7.45. The van der Waals surface area contributed by atoms with E-state index in [-0.39, 0.29) is 15.8 Å². The zero-order valence-electron chi connectivity index (χ0n) is 16.0. The summed E-state index contributed by atoms with van der Waals surface area (Å²) < 4.78 is 0. The molecule has 1 aliphatic heterocycles. The molecule has 0 nitrogen and oxygen atoms in total. The predicted molar refractivity (Wildman–Crippen MR) is 124 cm³/mol. The van der Waals surface area contributed by atoms with Crippen LogP contribution in [0.4, 0.5) is 0 Å². The zero-order chi connectivity index (χ0) is 18.5. The fourth-order valence-electron chi connectivity index (χ4n) is 4.37. The molecule has 4 rings (SSSR count). The van der Waals surface area contributed by atoms with Crippen LogP contribution in [0.3, 0.4) is 0 Å². The lowest BCUT2D eigenvalue weighted by molar-refractivity contribution is 0.706. The summed E-state index contributed by atoms with van der Waals surface area (Å²) in [6.07, 6.45) is 5.60. The van der Waals surface area contributed by atoms with Crippen LogP contribution >= 0.6 is 15.8 Å². The van der Waals surface area contributed by atoms with Crippen molar-refractivity contribution in [2.45, 2.75) is 37.5 Å². The Hall–Kier alpha value is -1.48. The first-order valence-corrected chi connectivity index (χ1v) is 13.0. The van der Waals surface area contributed by atoms with Crippen LogP contribution in [0.25, 0.3) is 0 Å². The highest BCUT2D eigenvalue weighted by atomic mass is 31.1. The second kappa shape index (κ2) is 9.14. The van der Waals surface area contributed by atoms with Crippen molar-refractivity contribution in [3.63, 3.8) is 0 Å². The van der Waals surface area contributed by atoms with Gasteiger partial charge in [0, 0.05) is 0 Å². The second-order valence-corrected chi connectivity index (χ2v) is 12.7. The maximum atomic E-state index is 2.50. The standard InChI is InChI=1S/C25H28P2/c1-21(20-25-18-11-19-26(25)22-12-5-2-6-13-22)27(23-14-7-3-8-15-23)24-16-9-4-10-17-24/h2-10,12-17,21,25H,11,18-20H2,1H3. The summed E-state index contributed by atoms with van der Waals surface area (Å²) in [7, 11) is -0.294. The highest BCUT2D eigenvalue weighted by molar-refractivity contribution is 7.73.